The van der Waals surface area contributed by atoms with E-state index in [1.165, 1.54) is 24.3 Å². The Morgan fingerprint density at radius 1 is 0.926 bits per heavy atom. The monoisotopic (exact) mass is 399 g/mol. The van der Waals surface area contributed by atoms with Crippen LogP contribution < -0.4 is 8.92 Å². The summed E-state index contributed by atoms with van der Waals surface area (Å²) in [5.74, 6) is 0.544. The van der Waals surface area contributed by atoms with E-state index in [0.29, 0.717) is 11.3 Å². The maximum absolute atomic E-state index is 12.4. The molecule has 136 valence electrons. The average molecular weight is 400 g/mol. The Morgan fingerprint density at radius 3 is 2.44 bits per heavy atom. The maximum Gasteiger partial charge on any atom is 0.340 e. The molecule has 3 aromatic carbocycles. The van der Waals surface area contributed by atoms with Crippen molar-refractivity contribution in [1.82, 2.24) is 0 Å². The van der Waals surface area contributed by atoms with Crippen LogP contribution in [0.4, 0.5) is 0 Å². The molecule has 27 heavy (non-hydrogen) atoms. The summed E-state index contributed by atoms with van der Waals surface area (Å²) in [6.45, 7) is 0.232. The van der Waals surface area contributed by atoms with Gasteiger partial charge in [-0.3, -0.25) is 0 Å². The smallest absolute Gasteiger partial charge is 0.340 e. The topological polar surface area (TPSA) is 76.4 Å². The molecule has 0 radical (unpaired) electrons. The highest BCUT2D eigenvalue weighted by Crippen LogP contribution is 2.27. The van der Waals surface area contributed by atoms with E-state index in [2.05, 4.69) is 6.07 Å². The van der Waals surface area contributed by atoms with Gasteiger partial charge in [-0.2, -0.15) is 13.7 Å². The molecule has 0 saturated carbocycles. The lowest BCUT2D eigenvalue weighted by Gasteiger charge is -2.10. The number of benzene rings is 3. The molecule has 0 unspecified atom stereocenters. The van der Waals surface area contributed by atoms with Gasteiger partial charge in [-0.1, -0.05) is 41.9 Å². The maximum atomic E-state index is 12.4. The molecule has 0 atom stereocenters. The number of nitriles is 1. The molecule has 0 bridgehead atoms. The Bertz CT molecular complexity index is 1110. The van der Waals surface area contributed by atoms with Crippen LogP contribution in [0.3, 0.4) is 0 Å². The van der Waals surface area contributed by atoms with E-state index in [1.807, 2.05) is 6.07 Å². The molecule has 0 amide bonds. The van der Waals surface area contributed by atoms with Gasteiger partial charge in [-0.05, 0) is 42.0 Å². The first-order valence-corrected chi connectivity index (χ1v) is 9.67. The summed E-state index contributed by atoms with van der Waals surface area (Å²) in [6, 6.07) is 21.5. The summed E-state index contributed by atoms with van der Waals surface area (Å²) < 4.78 is 35.6. The molecule has 0 aliphatic rings. The fourth-order valence-electron chi connectivity index (χ4n) is 2.33. The van der Waals surface area contributed by atoms with Crippen molar-refractivity contribution in [3.63, 3.8) is 0 Å². The summed E-state index contributed by atoms with van der Waals surface area (Å²) in [6.07, 6.45) is 0. The minimum absolute atomic E-state index is 0.0854. The van der Waals surface area contributed by atoms with Crippen molar-refractivity contribution < 1.29 is 17.3 Å². The third kappa shape index (κ3) is 4.79. The molecule has 5 nitrogen and oxygen atoms in total. The molecular formula is C20H14ClNO4S. The molecule has 0 spiro atoms. The number of rotatable bonds is 6. The zero-order valence-electron chi connectivity index (χ0n) is 14.0. The third-order valence-corrected chi connectivity index (χ3v) is 5.33. The Balaban J connectivity index is 1.74. The van der Waals surface area contributed by atoms with Crippen molar-refractivity contribution in [3.8, 4) is 17.6 Å². The number of hydrogen-bond donors (Lipinski definition) is 0. The highest BCUT2D eigenvalue weighted by atomic mass is 35.5. The van der Waals surface area contributed by atoms with Crippen LogP contribution in [0.5, 0.6) is 11.5 Å². The Kier molecular flexibility index (Phi) is 5.65. The molecule has 0 aliphatic heterocycles. The lowest BCUT2D eigenvalue weighted by molar-refractivity contribution is 0.305. The van der Waals surface area contributed by atoms with Gasteiger partial charge in [0, 0.05) is 6.07 Å². The van der Waals surface area contributed by atoms with Crippen LogP contribution >= 0.6 is 11.6 Å². The summed E-state index contributed by atoms with van der Waals surface area (Å²) in [5, 5.41) is 9.02. The standard InChI is InChI=1S/C20H14ClNO4S/c21-19-9-1-2-10-20(19)27(23,24)26-18-8-4-7-17(12-18)25-14-16-6-3-5-15(11-16)13-22/h1-12H,14H2. The van der Waals surface area contributed by atoms with Gasteiger partial charge in [0.2, 0.25) is 0 Å². The number of halogens is 1. The predicted octanol–water partition coefficient (Wildman–Crippen LogP) is 4.56. The normalized spacial score (nSPS) is 10.8. The fraction of sp³-hybridized carbons (Fsp3) is 0.0500. The van der Waals surface area contributed by atoms with Gasteiger partial charge in [0.25, 0.3) is 0 Å². The van der Waals surface area contributed by atoms with Gasteiger partial charge in [-0.15, -0.1) is 0 Å². The molecule has 7 heteroatoms. The predicted molar refractivity (Wildman–Crippen MR) is 101 cm³/mol. The molecule has 0 aliphatic carbocycles. The van der Waals surface area contributed by atoms with E-state index in [0.717, 1.165) is 5.56 Å². The van der Waals surface area contributed by atoms with E-state index in [4.69, 9.17) is 25.8 Å². The zero-order chi connectivity index (χ0) is 19.3. The highest BCUT2D eigenvalue weighted by molar-refractivity contribution is 7.87. The van der Waals surface area contributed by atoms with Crippen LogP contribution in [0.25, 0.3) is 0 Å². The molecule has 0 heterocycles. The summed E-state index contributed by atoms with van der Waals surface area (Å²) in [7, 11) is -4.06. The first-order valence-electron chi connectivity index (χ1n) is 7.89. The second kappa shape index (κ2) is 8.12. The van der Waals surface area contributed by atoms with E-state index < -0.39 is 10.1 Å². The molecule has 0 saturated heterocycles. The van der Waals surface area contributed by atoms with Crippen LogP contribution in [-0.4, -0.2) is 8.42 Å². The lowest BCUT2D eigenvalue weighted by atomic mass is 10.1. The van der Waals surface area contributed by atoms with E-state index in [-0.39, 0.29) is 22.3 Å². The first-order chi connectivity index (χ1) is 13.0. The number of hydrogen-bond acceptors (Lipinski definition) is 5. The Morgan fingerprint density at radius 2 is 1.67 bits per heavy atom. The van der Waals surface area contributed by atoms with Crippen molar-refractivity contribution in [1.29, 1.82) is 5.26 Å². The fourth-order valence-corrected chi connectivity index (χ4v) is 3.75. The Hall–Kier alpha value is -3.01. The van der Waals surface area contributed by atoms with E-state index >= 15 is 0 Å². The summed E-state index contributed by atoms with van der Waals surface area (Å²) in [5.41, 5.74) is 1.36. The largest absolute Gasteiger partial charge is 0.489 e. The lowest BCUT2D eigenvalue weighted by Crippen LogP contribution is -2.10. The third-order valence-electron chi connectivity index (χ3n) is 3.58. The van der Waals surface area contributed by atoms with Gasteiger partial charge in [0.05, 0.1) is 16.7 Å². The van der Waals surface area contributed by atoms with Gasteiger partial charge < -0.3 is 8.92 Å². The minimum atomic E-state index is -4.06. The SMILES string of the molecule is N#Cc1cccc(COc2cccc(OS(=O)(=O)c3ccccc3Cl)c2)c1. The van der Waals surface area contributed by atoms with Gasteiger partial charge in [-0.25, -0.2) is 0 Å². The number of nitrogens with zero attached hydrogens (tertiary/aromatic N) is 1. The van der Waals surface area contributed by atoms with Crippen molar-refractivity contribution in [2.75, 3.05) is 0 Å². The number of ether oxygens (including phenoxy) is 1. The van der Waals surface area contributed by atoms with Crippen LogP contribution in [0.2, 0.25) is 5.02 Å². The first kappa shape index (κ1) is 18.8. The average Bonchev–Trinajstić information content (AvgIpc) is 2.67. The quantitative estimate of drug-likeness (QED) is 0.568. The van der Waals surface area contributed by atoms with E-state index in [1.54, 1.807) is 42.5 Å². The van der Waals surface area contributed by atoms with Crippen molar-refractivity contribution in [2.24, 2.45) is 0 Å². The van der Waals surface area contributed by atoms with Crippen molar-refractivity contribution >= 4 is 21.7 Å². The van der Waals surface area contributed by atoms with Gasteiger partial charge >= 0.3 is 10.1 Å². The van der Waals surface area contributed by atoms with Crippen molar-refractivity contribution in [3.05, 3.63) is 88.9 Å². The minimum Gasteiger partial charge on any atom is -0.489 e. The van der Waals surface area contributed by atoms with Crippen LogP contribution in [-0.2, 0) is 16.7 Å². The molecular weight excluding hydrogens is 386 g/mol. The summed E-state index contributed by atoms with van der Waals surface area (Å²) >= 11 is 5.94. The molecule has 0 fully saturated rings. The van der Waals surface area contributed by atoms with Crippen LogP contribution in [0.1, 0.15) is 11.1 Å². The van der Waals surface area contributed by atoms with Crippen LogP contribution in [0.15, 0.2) is 77.7 Å². The molecule has 3 aromatic rings. The van der Waals surface area contributed by atoms with Crippen molar-refractivity contribution in [2.45, 2.75) is 11.5 Å². The molecule has 3 rings (SSSR count). The molecule has 0 aromatic heterocycles. The molecule has 0 N–H and O–H groups in total. The Labute approximate surface area is 162 Å². The zero-order valence-corrected chi connectivity index (χ0v) is 15.6. The highest BCUT2D eigenvalue weighted by Gasteiger charge is 2.20. The van der Waals surface area contributed by atoms with Gasteiger partial charge in [0.15, 0.2) is 0 Å². The second-order valence-electron chi connectivity index (χ2n) is 5.54. The summed E-state index contributed by atoms with van der Waals surface area (Å²) in [4.78, 5) is -0.105. The van der Waals surface area contributed by atoms with E-state index in [9.17, 15) is 8.42 Å². The van der Waals surface area contributed by atoms with Crippen LogP contribution in [0, 0.1) is 11.3 Å². The second-order valence-corrected chi connectivity index (χ2v) is 7.47. The van der Waals surface area contributed by atoms with Gasteiger partial charge in [0.1, 0.15) is 23.0 Å².